The maximum Gasteiger partial charge on any atom is 0.169 e. The summed E-state index contributed by atoms with van der Waals surface area (Å²) in [5.74, 6) is 0.479. The summed E-state index contributed by atoms with van der Waals surface area (Å²) in [5.41, 5.74) is 0.270. The second kappa shape index (κ2) is 6.16. The summed E-state index contributed by atoms with van der Waals surface area (Å²) in [6, 6.07) is 6.98. The highest BCUT2D eigenvalue weighted by molar-refractivity contribution is 5.78. The standard InChI is InChI=1S/C17H25FN2O/c1-6-17(7-2,20(4)5)16(19-3)14-11-12-9-8-10-13(18)15(12)21-14/h8-11,16,19H,6-7H2,1-5H3. The maximum atomic E-state index is 13.9. The largest absolute Gasteiger partial charge is 0.456 e. The van der Waals surface area contributed by atoms with E-state index in [4.69, 9.17) is 4.42 Å². The molecule has 2 rings (SSSR count). The van der Waals surface area contributed by atoms with Crippen molar-refractivity contribution in [3.63, 3.8) is 0 Å². The van der Waals surface area contributed by atoms with E-state index < -0.39 is 0 Å². The molecule has 0 amide bonds. The predicted molar refractivity (Wildman–Crippen MR) is 85.0 cm³/mol. The first kappa shape index (κ1) is 16.0. The van der Waals surface area contributed by atoms with Gasteiger partial charge >= 0.3 is 0 Å². The van der Waals surface area contributed by atoms with Crippen molar-refractivity contribution in [1.29, 1.82) is 0 Å². The van der Waals surface area contributed by atoms with E-state index in [1.54, 1.807) is 6.07 Å². The van der Waals surface area contributed by atoms with Crippen molar-refractivity contribution < 1.29 is 8.81 Å². The van der Waals surface area contributed by atoms with Gasteiger partial charge < -0.3 is 14.6 Å². The summed E-state index contributed by atoms with van der Waals surface area (Å²) in [6.07, 6.45) is 1.95. The van der Waals surface area contributed by atoms with Crippen molar-refractivity contribution >= 4 is 11.0 Å². The topological polar surface area (TPSA) is 28.4 Å². The average Bonchev–Trinajstić information content (AvgIpc) is 2.89. The van der Waals surface area contributed by atoms with Crippen LogP contribution in [0.4, 0.5) is 4.39 Å². The van der Waals surface area contributed by atoms with Crippen molar-refractivity contribution in [2.45, 2.75) is 38.3 Å². The molecule has 0 aliphatic carbocycles. The van der Waals surface area contributed by atoms with Crippen LogP contribution in [0.5, 0.6) is 0 Å². The molecule has 1 atom stereocenters. The van der Waals surface area contributed by atoms with E-state index in [2.05, 4.69) is 38.2 Å². The Bertz CT molecular complexity index is 602. The minimum absolute atomic E-state index is 0.00861. The lowest BCUT2D eigenvalue weighted by Gasteiger charge is -2.44. The fraction of sp³-hybridized carbons (Fsp3) is 0.529. The molecule has 0 saturated carbocycles. The summed E-state index contributed by atoms with van der Waals surface area (Å²) < 4.78 is 19.7. The first-order valence-electron chi connectivity index (χ1n) is 7.52. The zero-order chi connectivity index (χ0) is 15.6. The quantitative estimate of drug-likeness (QED) is 0.873. The zero-order valence-electron chi connectivity index (χ0n) is 13.5. The molecule has 0 saturated heterocycles. The van der Waals surface area contributed by atoms with Crippen LogP contribution >= 0.6 is 0 Å². The van der Waals surface area contributed by atoms with E-state index in [0.717, 1.165) is 24.0 Å². The van der Waals surface area contributed by atoms with Crippen molar-refractivity contribution in [2.24, 2.45) is 0 Å². The third kappa shape index (κ3) is 2.58. The van der Waals surface area contributed by atoms with E-state index in [-0.39, 0.29) is 17.4 Å². The van der Waals surface area contributed by atoms with Crippen LogP contribution in [-0.2, 0) is 0 Å². The number of hydrogen-bond acceptors (Lipinski definition) is 3. The molecule has 21 heavy (non-hydrogen) atoms. The first-order valence-corrected chi connectivity index (χ1v) is 7.52. The van der Waals surface area contributed by atoms with Gasteiger partial charge in [-0.25, -0.2) is 4.39 Å². The minimum atomic E-state index is -0.308. The lowest BCUT2D eigenvalue weighted by molar-refractivity contribution is 0.0823. The van der Waals surface area contributed by atoms with Crippen LogP contribution in [0.15, 0.2) is 28.7 Å². The monoisotopic (exact) mass is 292 g/mol. The van der Waals surface area contributed by atoms with E-state index in [9.17, 15) is 4.39 Å². The van der Waals surface area contributed by atoms with Gasteiger partial charge in [-0.1, -0.05) is 26.0 Å². The van der Waals surface area contributed by atoms with Gasteiger partial charge in [-0.3, -0.25) is 0 Å². The van der Waals surface area contributed by atoms with Crippen LogP contribution in [0, 0.1) is 5.82 Å². The van der Waals surface area contributed by atoms with E-state index >= 15 is 0 Å². The van der Waals surface area contributed by atoms with E-state index in [1.807, 2.05) is 19.2 Å². The van der Waals surface area contributed by atoms with Gasteiger partial charge in [0, 0.05) is 10.9 Å². The van der Waals surface area contributed by atoms with Crippen molar-refractivity contribution in [1.82, 2.24) is 10.2 Å². The fourth-order valence-corrected chi connectivity index (χ4v) is 3.41. The zero-order valence-corrected chi connectivity index (χ0v) is 13.5. The Labute approximate surface area is 126 Å². The molecule has 0 aliphatic rings. The number of rotatable bonds is 6. The molecular weight excluding hydrogens is 267 g/mol. The molecule has 0 bridgehead atoms. The molecule has 1 N–H and O–H groups in total. The molecule has 1 unspecified atom stereocenters. The van der Waals surface area contributed by atoms with Crippen LogP contribution in [0.25, 0.3) is 11.0 Å². The SMILES string of the molecule is CCC(CC)(C(NC)c1cc2cccc(F)c2o1)N(C)C. The summed E-state index contributed by atoms with van der Waals surface area (Å²) in [6.45, 7) is 4.36. The highest BCUT2D eigenvalue weighted by Crippen LogP contribution is 2.38. The Morgan fingerprint density at radius 3 is 2.43 bits per heavy atom. The van der Waals surface area contributed by atoms with Gasteiger partial charge in [-0.2, -0.15) is 0 Å². The number of halogens is 1. The molecule has 0 aliphatic heterocycles. The Morgan fingerprint density at radius 2 is 1.95 bits per heavy atom. The van der Waals surface area contributed by atoms with Crippen molar-refractivity contribution in [2.75, 3.05) is 21.1 Å². The lowest BCUT2D eigenvalue weighted by atomic mass is 9.82. The highest BCUT2D eigenvalue weighted by Gasteiger charge is 2.39. The maximum absolute atomic E-state index is 13.9. The third-order valence-electron chi connectivity index (χ3n) is 4.74. The lowest BCUT2D eigenvalue weighted by Crippen LogP contribution is -2.52. The van der Waals surface area contributed by atoms with E-state index in [0.29, 0.717) is 5.58 Å². The van der Waals surface area contributed by atoms with Crippen molar-refractivity contribution in [3.05, 3.63) is 35.8 Å². The first-order chi connectivity index (χ1) is 10.00. The molecule has 4 heteroatoms. The average molecular weight is 292 g/mol. The van der Waals surface area contributed by atoms with Gasteiger partial charge in [0.2, 0.25) is 0 Å². The minimum Gasteiger partial charge on any atom is -0.456 e. The Kier molecular flexibility index (Phi) is 4.69. The van der Waals surface area contributed by atoms with Gasteiger partial charge in [-0.15, -0.1) is 0 Å². The number of para-hydroxylation sites is 1. The van der Waals surface area contributed by atoms with Crippen LogP contribution in [0.2, 0.25) is 0 Å². The number of likely N-dealkylation sites (N-methyl/N-ethyl adjacent to an activating group) is 2. The third-order valence-corrected chi connectivity index (χ3v) is 4.74. The number of furan rings is 1. The molecule has 1 heterocycles. The Balaban J connectivity index is 2.55. The summed E-state index contributed by atoms with van der Waals surface area (Å²) in [7, 11) is 6.10. The molecule has 3 nitrogen and oxygen atoms in total. The number of fused-ring (bicyclic) bond motifs is 1. The summed E-state index contributed by atoms with van der Waals surface area (Å²) in [5, 5.41) is 4.18. The highest BCUT2D eigenvalue weighted by atomic mass is 19.1. The Morgan fingerprint density at radius 1 is 1.29 bits per heavy atom. The van der Waals surface area contributed by atoms with Crippen molar-refractivity contribution in [3.8, 4) is 0 Å². The molecule has 116 valence electrons. The Hall–Kier alpha value is -1.39. The van der Waals surface area contributed by atoms with E-state index in [1.165, 1.54) is 6.07 Å². The molecule has 2 aromatic rings. The fourth-order valence-electron chi connectivity index (χ4n) is 3.41. The molecular formula is C17H25FN2O. The molecule has 1 aromatic heterocycles. The van der Waals surface area contributed by atoms with Gasteiger partial charge in [0.1, 0.15) is 5.76 Å². The van der Waals surface area contributed by atoms with Crippen LogP contribution < -0.4 is 5.32 Å². The second-order valence-corrected chi connectivity index (χ2v) is 5.73. The molecule has 1 aromatic carbocycles. The van der Waals surface area contributed by atoms with Gasteiger partial charge in [0.05, 0.1) is 6.04 Å². The molecule has 0 spiro atoms. The number of nitrogens with one attached hydrogen (secondary N) is 1. The second-order valence-electron chi connectivity index (χ2n) is 5.73. The van der Waals surface area contributed by atoms with Crippen LogP contribution in [0.1, 0.15) is 38.5 Å². The summed E-state index contributed by atoms with van der Waals surface area (Å²) >= 11 is 0. The summed E-state index contributed by atoms with van der Waals surface area (Å²) in [4.78, 5) is 2.23. The number of nitrogens with zero attached hydrogens (tertiary/aromatic N) is 1. The predicted octanol–water partition coefficient (Wildman–Crippen LogP) is 3.95. The number of hydrogen-bond donors (Lipinski definition) is 1. The van der Waals surface area contributed by atoms with Crippen LogP contribution in [0.3, 0.4) is 0 Å². The van der Waals surface area contributed by atoms with Gasteiger partial charge in [0.25, 0.3) is 0 Å². The van der Waals surface area contributed by atoms with Gasteiger partial charge in [-0.05, 0) is 46.1 Å². The molecule has 0 fully saturated rings. The smallest absolute Gasteiger partial charge is 0.169 e. The van der Waals surface area contributed by atoms with Crippen LogP contribution in [-0.4, -0.2) is 31.6 Å². The molecule has 0 radical (unpaired) electrons. The number of benzene rings is 1. The normalized spacial score (nSPS) is 14.0. The van der Waals surface area contributed by atoms with Gasteiger partial charge in [0.15, 0.2) is 11.4 Å².